The number of alkyl halides is 4. The van der Waals surface area contributed by atoms with Crippen molar-refractivity contribution in [3.63, 3.8) is 0 Å². The molecular formula is C27H34F4O8. The average Bonchev–Trinajstić information content (AvgIpc) is 3.14. The van der Waals surface area contributed by atoms with Gasteiger partial charge in [0, 0.05) is 37.2 Å². The molecule has 3 saturated carbocycles. The van der Waals surface area contributed by atoms with E-state index in [9.17, 15) is 32.3 Å². The van der Waals surface area contributed by atoms with Crippen molar-refractivity contribution in [3.05, 3.63) is 11.6 Å². The van der Waals surface area contributed by atoms with Crippen LogP contribution in [0.25, 0.3) is 0 Å². The highest BCUT2D eigenvalue weighted by Crippen LogP contribution is 2.71. The Morgan fingerprint density at radius 3 is 2.38 bits per heavy atom. The average molecular weight is 563 g/mol. The number of carbonyl (C=O) groups is 4. The minimum atomic E-state index is -5.37. The highest BCUT2D eigenvalue weighted by molar-refractivity contribution is 5.92. The summed E-state index contributed by atoms with van der Waals surface area (Å²) in [6.45, 7) is 3.36. The van der Waals surface area contributed by atoms with Crippen LogP contribution in [0.5, 0.6) is 0 Å². The van der Waals surface area contributed by atoms with E-state index in [0.717, 1.165) is 6.92 Å². The molecular weight excluding hydrogens is 528 g/mol. The Hall–Kier alpha value is -2.34. The SMILES string of the molecule is COCO[C@]1(C(=O)COC(C)=O)CC[C@H]2[C@@H]3CCC4=CC(=O)CC[C@]4(C)[C@@]3(F)C(OC(=O)C(F)(F)F)C[C@@]21C. The van der Waals surface area contributed by atoms with Gasteiger partial charge in [0.05, 0.1) is 0 Å². The third-order valence-electron chi connectivity index (χ3n) is 9.90. The van der Waals surface area contributed by atoms with Crippen molar-refractivity contribution in [1.82, 2.24) is 0 Å². The molecule has 0 amide bonds. The van der Waals surface area contributed by atoms with E-state index >= 15 is 4.39 Å². The molecule has 3 fully saturated rings. The molecule has 0 spiro atoms. The number of ketones is 2. The molecule has 4 aliphatic rings. The van der Waals surface area contributed by atoms with Crippen LogP contribution in [-0.2, 0) is 38.1 Å². The summed E-state index contributed by atoms with van der Waals surface area (Å²) in [5.41, 5.74) is -6.25. The first kappa shape index (κ1) is 29.6. The van der Waals surface area contributed by atoms with Gasteiger partial charge in [0.2, 0.25) is 5.78 Å². The molecule has 39 heavy (non-hydrogen) atoms. The Labute approximate surface area is 223 Å². The molecule has 0 saturated heterocycles. The molecule has 1 unspecified atom stereocenters. The van der Waals surface area contributed by atoms with E-state index < -0.39 is 77.0 Å². The van der Waals surface area contributed by atoms with Gasteiger partial charge in [0.25, 0.3) is 0 Å². The summed E-state index contributed by atoms with van der Waals surface area (Å²) in [6.07, 6.45) is -5.33. The van der Waals surface area contributed by atoms with Gasteiger partial charge in [-0.05, 0) is 50.5 Å². The number of rotatable bonds is 7. The summed E-state index contributed by atoms with van der Waals surface area (Å²) < 4.78 is 79.1. The first-order chi connectivity index (χ1) is 18.1. The maximum absolute atomic E-state index is 17.8. The van der Waals surface area contributed by atoms with Crippen molar-refractivity contribution in [1.29, 1.82) is 0 Å². The largest absolute Gasteiger partial charge is 0.490 e. The van der Waals surface area contributed by atoms with Gasteiger partial charge >= 0.3 is 18.1 Å². The standard InChI is InChI=1S/C27H34F4O8/c1-15(32)37-13-20(34)25(38-14-36-4)10-8-18-19-6-5-16-11-17(33)7-9-23(16,2)26(19,28)21(12-24(18,25)3)39-22(35)27(29,30)31/h11,18-19,21H,5-10,12-14H2,1-4H3/t18-,19-,21?,23-,24-,25-,26-/m0/s1. The zero-order valence-corrected chi connectivity index (χ0v) is 22.5. The van der Waals surface area contributed by atoms with Gasteiger partial charge in [0.1, 0.15) is 18.5 Å². The summed E-state index contributed by atoms with van der Waals surface area (Å²) >= 11 is 0. The van der Waals surface area contributed by atoms with E-state index in [2.05, 4.69) is 0 Å². The fraction of sp³-hybridized carbons (Fsp3) is 0.778. The number of hydrogen-bond donors (Lipinski definition) is 0. The number of hydrogen-bond acceptors (Lipinski definition) is 8. The van der Waals surface area contributed by atoms with E-state index in [4.69, 9.17) is 18.9 Å². The summed E-state index contributed by atoms with van der Waals surface area (Å²) in [5.74, 6) is -5.48. The van der Waals surface area contributed by atoms with Crippen LogP contribution in [0, 0.1) is 22.7 Å². The lowest BCUT2D eigenvalue weighted by Gasteiger charge is -2.64. The minimum Gasteiger partial charge on any atom is -0.458 e. The monoisotopic (exact) mass is 562 g/mol. The van der Waals surface area contributed by atoms with E-state index in [-0.39, 0.29) is 38.3 Å². The smallest absolute Gasteiger partial charge is 0.458 e. The van der Waals surface area contributed by atoms with Gasteiger partial charge in [-0.1, -0.05) is 19.4 Å². The molecule has 0 heterocycles. The van der Waals surface area contributed by atoms with Gasteiger partial charge in [-0.2, -0.15) is 13.2 Å². The van der Waals surface area contributed by atoms with Crippen LogP contribution in [-0.4, -0.2) is 67.6 Å². The third kappa shape index (κ3) is 4.42. The Morgan fingerprint density at radius 2 is 1.77 bits per heavy atom. The lowest BCUT2D eigenvalue weighted by molar-refractivity contribution is -0.262. The predicted molar refractivity (Wildman–Crippen MR) is 126 cm³/mol. The summed E-state index contributed by atoms with van der Waals surface area (Å²) in [4.78, 5) is 49.4. The van der Waals surface area contributed by atoms with Crippen molar-refractivity contribution in [3.8, 4) is 0 Å². The number of allylic oxidation sites excluding steroid dienone is 1. The molecule has 218 valence electrons. The molecule has 8 nitrogen and oxygen atoms in total. The molecule has 0 aliphatic heterocycles. The molecule has 0 aromatic carbocycles. The molecule has 4 aliphatic carbocycles. The normalized spacial score (nSPS) is 39.6. The first-order valence-electron chi connectivity index (χ1n) is 13.1. The highest BCUT2D eigenvalue weighted by atomic mass is 19.4. The zero-order chi connectivity index (χ0) is 29.0. The van der Waals surface area contributed by atoms with Gasteiger partial charge in [-0.3, -0.25) is 14.4 Å². The molecule has 0 N–H and O–H groups in total. The maximum Gasteiger partial charge on any atom is 0.490 e. The van der Waals surface area contributed by atoms with E-state index in [1.54, 1.807) is 13.8 Å². The number of methoxy groups -OCH3 is 1. The Bertz CT molecular complexity index is 1090. The van der Waals surface area contributed by atoms with Gasteiger partial charge in [-0.15, -0.1) is 0 Å². The van der Waals surface area contributed by atoms with Crippen LogP contribution in [0.4, 0.5) is 17.6 Å². The fourth-order valence-electron chi connectivity index (χ4n) is 8.06. The van der Waals surface area contributed by atoms with Gasteiger partial charge < -0.3 is 18.9 Å². The van der Waals surface area contributed by atoms with E-state index in [1.165, 1.54) is 13.2 Å². The topological polar surface area (TPSA) is 105 Å². The Morgan fingerprint density at radius 1 is 1.08 bits per heavy atom. The number of ether oxygens (including phenoxy) is 4. The molecule has 0 radical (unpaired) electrons. The molecule has 0 bridgehead atoms. The van der Waals surface area contributed by atoms with Gasteiger partial charge in [0.15, 0.2) is 18.1 Å². The summed E-state index contributed by atoms with van der Waals surface area (Å²) in [6, 6.07) is 0. The Kier molecular flexibility index (Phi) is 7.55. The highest BCUT2D eigenvalue weighted by Gasteiger charge is 2.76. The third-order valence-corrected chi connectivity index (χ3v) is 9.90. The minimum absolute atomic E-state index is 0.0159. The van der Waals surface area contributed by atoms with Crippen LogP contribution < -0.4 is 0 Å². The van der Waals surface area contributed by atoms with Crippen molar-refractivity contribution >= 4 is 23.5 Å². The number of esters is 2. The van der Waals surface area contributed by atoms with E-state index in [0.29, 0.717) is 18.4 Å². The second-order valence-electron chi connectivity index (χ2n) is 11.6. The van der Waals surface area contributed by atoms with E-state index in [1.807, 2.05) is 0 Å². The van der Waals surface area contributed by atoms with Crippen LogP contribution in [0.3, 0.4) is 0 Å². The molecule has 4 rings (SSSR count). The van der Waals surface area contributed by atoms with Crippen molar-refractivity contribution in [2.24, 2.45) is 22.7 Å². The van der Waals surface area contributed by atoms with Crippen LogP contribution in [0.15, 0.2) is 11.6 Å². The lowest BCUT2D eigenvalue weighted by Crippen LogP contribution is -2.70. The Balaban J connectivity index is 1.85. The predicted octanol–water partition coefficient (Wildman–Crippen LogP) is 4.19. The fourth-order valence-corrected chi connectivity index (χ4v) is 8.06. The van der Waals surface area contributed by atoms with Crippen molar-refractivity contribution in [2.75, 3.05) is 20.5 Å². The summed E-state index contributed by atoms with van der Waals surface area (Å²) in [7, 11) is 1.33. The quantitative estimate of drug-likeness (QED) is 0.259. The number of carbonyl (C=O) groups excluding carboxylic acids is 4. The molecule has 0 aromatic heterocycles. The van der Waals surface area contributed by atoms with Gasteiger partial charge in [-0.25, -0.2) is 9.18 Å². The molecule has 0 aromatic rings. The first-order valence-corrected chi connectivity index (χ1v) is 13.1. The second kappa shape index (κ2) is 9.94. The maximum atomic E-state index is 17.8. The zero-order valence-electron chi connectivity index (χ0n) is 22.5. The number of fused-ring (bicyclic) bond motifs is 5. The molecule has 7 atom stereocenters. The van der Waals surface area contributed by atoms with Crippen molar-refractivity contribution < 1.29 is 55.7 Å². The number of Topliss-reactive ketones (excluding diaryl/α,β-unsaturated/α-hetero) is 1. The number of halogens is 4. The second-order valence-corrected chi connectivity index (χ2v) is 11.6. The molecule has 12 heteroatoms. The van der Waals surface area contributed by atoms with Crippen LogP contribution >= 0.6 is 0 Å². The lowest BCUT2D eigenvalue weighted by atomic mass is 9.43. The van der Waals surface area contributed by atoms with Crippen molar-refractivity contribution in [2.45, 2.75) is 89.3 Å². The van der Waals surface area contributed by atoms with Crippen LogP contribution in [0.1, 0.15) is 65.7 Å². The summed E-state index contributed by atoms with van der Waals surface area (Å²) in [5, 5.41) is 0. The van der Waals surface area contributed by atoms with Crippen LogP contribution in [0.2, 0.25) is 0 Å².